The fourth-order valence-electron chi connectivity index (χ4n) is 5.81. The first-order valence-electron chi connectivity index (χ1n) is 15.5. The standard InChI is InChI=1S/C35H42N4O5S/c1-21-20-39(34(44)24-8-9-24)22(2)19-38(21)29-15-12-25(33(43)37-28(18-31(40)41)30-7-6-16-45-30)17-27(29)36-32(42)23-10-13-26(14-11-23)35(3,4)5/h6-7,10-17,21-22,24,28H,8-9,18-20H2,1-5H3,(H,36,42)(H,37,43)(H,40,41). The van der Waals surface area contributed by atoms with Gasteiger partial charge in [-0.2, -0.15) is 0 Å². The van der Waals surface area contributed by atoms with Crippen molar-refractivity contribution >= 4 is 46.4 Å². The number of piperazine rings is 1. The van der Waals surface area contributed by atoms with E-state index in [9.17, 15) is 24.3 Å². The van der Waals surface area contributed by atoms with Gasteiger partial charge in [0.05, 0.1) is 23.8 Å². The highest BCUT2D eigenvalue weighted by Crippen LogP contribution is 2.36. The minimum Gasteiger partial charge on any atom is -0.481 e. The Morgan fingerprint density at radius 3 is 2.22 bits per heavy atom. The van der Waals surface area contributed by atoms with Gasteiger partial charge in [0.2, 0.25) is 5.91 Å². The molecular formula is C35H42N4O5S. The average molecular weight is 631 g/mol. The maximum atomic E-state index is 13.6. The molecule has 1 aliphatic heterocycles. The van der Waals surface area contributed by atoms with Gasteiger partial charge in [-0.25, -0.2) is 0 Å². The third-order valence-electron chi connectivity index (χ3n) is 8.60. The number of amides is 3. The molecule has 45 heavy (non-hydrogen) atoms. The maximum absolute atomic E-state index is 13.6. The van der Waals surface area contributed by atoms with Crippen LogP contribution in [-0.2, 0) is 15.0 Å². The molecule has 3 atom stereocenters. The smallest absolute Gasteiger partial charge is 0.305 e. The summed E-state index contributed by atoms with van der Waals surface area (Å²) in [6, 6.07) is 15.6. The van der Waals surface area contributed by atoms with Gasteiger partial charge in [0, 0.05) is 47.1 Å². The highest BCUT2D eigenvalue weighted by atomic mass is 32.1. The summed E-state index contributed by atoms with van der Waals surface area (Å²) in [6.07, 6.45) is 1.66. The molecule has 1 saturated carbocycles. The zero-order valence-electron chi connectivity index (χ0n) is 26.5. The average Bonchev–Trinajstić information content (AvgIpc) is 3.70. The van der Waals surface area contributed by atoms with Crippen LogP contribution in [0, 0.1) is 5.92 Å². The summed E-state index contributed by atoms with van der Waals surface area (Å²) in [5, 5.41) is 17.2. The van der Waals surface area contributed by atoms with Crippen molar-refractivity contribution in [1.82, 2.24) is 10.2 Å². The predicted octanol–water partition coefficient (Wildman–Crippen LogP) is 6.08. The minimum atomic E-state index is -1.02. The molecule has 0 radical (unpaired) electrons. The van der Waals surface area contributed by atoms with Crippen LogP contribution < -0.4 is 15.5 Å². The molecule has 0 spiro atoms. The lowest BCUT2D eigenvalue weighted by Gasteiger charge is -2.46. The minimum absolute atomic E-state index is 0.0201. The number of nitrogens with one attached hydrogen (secondary N) is 2. The van der Waals surface area contributed by atoms with Crippen LogP contribution in [-0.4, -0.2) is 58.9 Å². The molecule has 3 amide bonds. The van der Waals surface area contributed by atoms with Gasteiger partial charge >= 0.3 is 5.97 Å². The SMILES string of the molecule is CC1CN(c2ccc(C(=O)NC(CC(=O)O)c3cccs3)cc2NC(=O)c2ccc(C(C)(C)C)cc2)C(C)CN1C(=O)C1CC1. The third-order valence-corrected chi connectivity index (χ3v) is 9.58. The lowest BCUT2D eigenvalue weighted by molar-refractivity contribution is -0.137. The number of carboxylic acid groups (broad SMARTS) is 1. The fourth-order valence-corrected chi connectivity index (χ4v) is 6.58. The van der Waals surface area contributed by atoms with Gasteiger partial charge < -0.3 is 25.5 Å². The van der Waals surface area contributed by atoms with Gasteiger partial charge in [0.25, 0.3) is 11.8 Å². The predicted molar refractivity (Wildman–Crippen MR) is 177 cm³/mol. The molecule has 2 aliphatic rings. The Balaban J connectivity index is 1.44. The summed E-state index contributed by atoms with van der Waals surface area (Å²) in [4.78, 5) is 56.5. The molecule has 1 aromatic heterocycles. The summed E-state index contributed by atoms with van der Waals surface area (Å²) >= 11 is 1.38. The second-order valence-electron chi connectivity index (χ2n) is 13.3. The van der Waals surface area contributed by atoms with E-state index < -0.39 is 17.9 Å². The highest BCUT2D eigenvalue weighted by molar-refractivity contribution is 7.10. The van der Waals surface area contributed by atoms with Crippen LogP contribution in [0.2, 0.25) is 0 Å². The number of hydrogen-bond acceptors (Lipinski definition) is 6. The van der Waals surface area contributed by atoms with E-state index in [-0.39, 0.29) is 41.7 Å². The Kier molecular flexibility index (Phi) is 9.34. The highest BCUT2D eigenvalue weighted by Gasteiger charge is 2.39. The molecule has 3 unspecified atom stereocenters. The van der Waals surface area contributed by atoms with Crippen molar-refractivity contribution in [3.05, 3.63) is 81.5 Å². The summed E-state index contributed by atoms with van der Waals surface area (Å²) in [5.41, 5.74) is 3.07. The van der Waals surface area contributed by atoms with Crippen molar-refractivity contribution < 1.29 is 24.3 Å². The van der Waals surface area contributed by atoms with Gasteiger partial charge in [-0.05, 0) is 79.4 Å². The fraction of sp³-hybridized carbons (Fsp3) is 0.429. The summed E-state index contributed by atoms with van der Waals surface area (Å²) in [7, 11) is 0. The molecule has 238 valence electrons. The molecule has 2 fully saturated rings. The maximum Gasteiger partial charge on any atom is 0.305 e. The van der Waals surface area contributed by atoms with Crippen LogP contribution in [0.5, 0.6) is 0 Å². The van der Waals surface area contributed by atoms with E-state index in [2.05, 4.69) is 43.2 Å². The zero-order valence-corrected chi connectivity index (χ0v) is 27.3. The number of anilines is 2. The van der Waals surface area contributed by atoms with Gasteiger partial charge in [-0.3, -0.25) is 19.2 Å². The number of carbonyl (C=O) groups excluding carboxylic acids is 3. The van der Waals surface area contributed by atoms with Crippen LogP contribution in [0.15, 0.2) is 60.0 Å². The topological polar surface area (TPSA) is 119 Å². The largest absolute Gasteiger partial charge is 0.481 e. The van der Waals surface area contributed by atoms with Crippen molar-refractivity contribution in [1.29, 1.82) is 0 Å². The molecule has 2 heterocycles. The van der Waals surface area contributed by atoms with Crippen LogP contribution >= 0.6 is 11.3 Å². The van der Waals surface area contributed by atoms with Crippen LogP contribution in [0.4, 0.5) is 11.4 Å². The van der Waals surface area contributed by atoms with Crippen molar-refractivity contribution in [2.24, 2.45) is 5.92 Å². The Morgan fingerprint density at radius 2 is 1.62 bits per heavy atom. The van der Waals surface area contributed by atoms with E-state index in [4.69, 9.17) is 0 Å². The molecular weight excluding hydrogens is 588 g/mol. The number of nitrogens with zero attached hydrogens (tertiary/aromatic N) is 2. The number of carbonyl (C=O) groups is 4. The van der Waals surface area contributed by atoms with E-state index in [0.29, 0.717) is 29.9 Å². The van der Waals surface area contributed by atoms with E-state index >= 15 is 0 Å². The van der Waals surface area contributed by atoms with Crippen LogP contribution in [0.1, 0.15) is 91.1 Å². The first kappa shape index (κ1) is 32.2. The van der Waals surface area contributed by atoms with E-state index in [1.54, 1.807) is 30.3 Å². The third kappa shape index (κ3) is 7.56. The molecule has 10 heteroatoms. The molecule has 0 bridgehead atoms. The lowest BCUT2D eigenvalue weighted by Crippen LogP contribution is -2.58. The molecule has 3 aromatic rings. The molecule has 2 aromatic carbocycles. The summed E-state index contributed by atoms with van der Waals surface area (Å²) in [6.45, 7) is 11.6. The Bertz CT molecular complexity index is 1560. The molecule has 3 N–H and O–H groups in total. The number of carboxylic acids is 1. The Morgan fingerprint density at radius 1 is 0.933 bits per heavy atom. The van der Waals surface area contributed by atoms with Gasteiger partial charge in [0.15, 0.2) is 0 Å². The molecule has 1 saturated heterocycles. The number of aliphatic carboxylic acids is 1. The van der Waals surface area contributed by atoms with Crippen molar-refractivity contribution in [3.8, 4) is 0 Å². The molecule has 9 nitrogen and oxygen atoms in total. The lowest BCUT2D eigenvalue weighted by atomic mass is 9.86. The monoisotopic (exact) mass is 630 g/mol. The van der Waals surface area contributed by atoms with Crippen molar-refractivity contribution in [2.45, 2.75) is 77.4 Å². The number of benzene rings is 2. The Labute approximate surface area is 268 Å². The zero-order chi connectivity index (χ0) is 32.5. The second-order valence-corrected chi connectivity index (χ2v) is 14.2. The van der Waals surface area contributed by atoms with Crippen LogP contribution in [0.25, 0.3) is 0 Å². The number of rotatable bonds is 9. The van der Waals surface area contributed by atoms with Crippen molar-refractivity contribution in [3.63, 3.8) is 0 Å². The second kappa shape index (κ2) is 13.0. The first-order valence-corrected chi connectivity index (χ1v) is 16.4. The number of thiophene rings is 1. The Hall–Kier alpha value is -4.18. The quantitative estimate of drug-likeness (QED) is 0.264. The first-order chi connectivity index (χ1) is 21.3. The van der Waals surface area contributed by atoms with Gasteiger partial charge in [0.1, 0.15) is 0 Å². The van der Waals surface area contributed by atoms with E-state index in [1.165, 1.54) is 11.3 Å². The van der Waals surface area contributed by atoms with Crippen LogP contribution in [0.3, 0.4) is 0 Å². The van der Waals surface area contributed by atoms with Crippen molar-refractivity contribution in [2.75, 3.05) is 23.3 Å². The molecule has 1 aliphatic carbocycles. The molecule has 5 rings (SSSR count). The number of hydrogen-bond donors (Lipinski definition) is 3. The van der Waals surface area contributed by atoms with E-state index in [1.807, 2.05) is 41.5 Å². The van der Waals surface area contributed by atoms with Gasteiger partial charge in [-0.1, -0.05) is 39.0 Å². The normalized spacial score (nSPS) is 19.1. The summed E-state index contributed by atoms with van der Waals surface area (Å²) in [5.74, 6) is -1.40. The van der Waals surface area contributed by atoms with E-state index in [0.717, 1.165) is 29.0 Å². The summed E-state index contributed by atoms with van der Waals surface area (Å²) < 4.78 is 0. The van der Waals surface area contributed by atoms with Gasteiger partial charge in [-0.15, -0.1) is 11.3 Å².